The molecule has 85 heavy (non-hydrogen) atoms. The van der Waals surface area contributed by atoms with Crippen LogP contribution in [0.5, 0.6) is 0 Å². The summed E-state index contributed by atoms with van der Waals surface area (Å²) in [7, 11) is 0. The number of ether oxygens (including phenoxy) is 12. The van der Waals surface area contributed by atoms with Crippen molar-refractivity contribution in [1.29, 1.82) is 0 Å². The summed E-state index contributed by atoms with van der Waals surface area (Å²) in [5, 5.41) is 27.4. The van der Waals surface area contributed by atoms with Gasteiger partial charge < -0.3 is 72.4 Å². The lowest BCUT2D eigenvalue weighted by atomic mass is 9.94. The highest BCUT2D eigenvalue weighted by molar-refractivity contribution is 5.73. The Balaban J connectivity index is 1.00. The first-order valence-corrected chi connectivity index (χ1v) is 28.9. The molecule has 3 N–H and O–H groups in total. The summed E-state index contributed by atoms with van der Waals surface area (Å²) >= 11 is 0. The van der Waals surface area contributed by atoms with Crippen LogP contribution in [0.2, 0.25) is 0 Å². The number of rotatable bonds is 29. The molecule has 7 aromatic rings. The first-order chi connectivity index (χ1) is 41.8. The van der Waals surface area contributed by atoms with Gasteiger partial charge in [0.1, 0.15) is 60.6 Å². The summed E-state index contributed by atoms with van der Waals surface area (Å²) < 4.78 is 80.8. The minimum absolute atomic E-state index is 0.00749. The van der Waals surface area contributed by atoms with Crippen LogP contribution in [0.3, 0.4) is 0 Å². The number of carbonyl (C=O) groups is 1. The summed E-state index contributed by atoms with van der Waals surface area (Å²) in [6.07, 6.45) is -11.7. The van der Waals surface area contributed by atoms with Crippen LogP contribution in [-0.2, 0) is 101 Å². The quantitative estimate of drug-likeness (QED) is 0.0229. The topological polar surface area (TPSA) is 180 Å². The Morgan fingerprint density at radius 3 is 1.58 bits per heavy atom. The molecule has 0 aromatic heterocycles. The first kappa shape index (κ1) is 61.1. The largest absolute Gasteiger partial charge is 0.510 e. The van der Waals surface area contributed by atoms with Crippen molar-refractivity contribution in [3.05, 3.63) is 263 Å². The summed E-state index contributed by atoms with van der Waals surface area (Å²) in [4.78, 5) is 13.4. The van der Waals surface area contributed by atoms with Crippen molar-refractivity contribution in [2.75, 3.05) is 19.8 Å². The normalized spacial score (nSPS) is 24.9. The van der Waals surface area contributed by atoms with Crippen molar-refractivity contribution in [2.45, 2.75) is 133 Å². The molecule has 0 bridgehead atoms. The van der Waals surface area contributed by atoms with Gasteiger partial charge in [0, 0.05) is 31.6 Å². The Bertz CT molecular complexity index is 3040. The van der Waals surface area contributed by atoms with Gasteiger partial charge in [0.15, 0.2) is 25.2 Å². The van der Waals surface area contributed by atoms with Gasteiger partial charge in [0.25, 0.3) is 0 Å². The summed E-state index contributed by atoms with van der Waals surface area (Å²) in [5.74, 6) is -0.631. The van der Waals surface area contributed by atoms with Gasteiger partial charge in [-0.25, -0.2) is 0 Å². The molecular weight excluding hydrogens is 1080 g/mol. The molecule has 3 aliphatic heterocycles. The van der Waals surface area contributed by atoms with E-state index in [0.717, 1.165) is 38.9 Å². The molecule has 16 heteroatoms. The highest BCUT2D eigenvalue weighted by Gasteiger charge is 2.56. The van der Waals surface area contributed by atoms with Gasteiger partial charge in [-0.2, -0.15) is 0 Å². The van der Waals surface area contributed by atoms with Crippen LogP contribution in [0, 0.1) is 0 Å². The minimum Gasteiger partial charge on any atom is -0.510 e. The van der Waals surface area contributed by atoms with E-state index in [-0.39, 0.29) is 70.9 Å². The molecule has 7 unspecified atom stereocenters. The van der Waals surface area contributed by atoms with Gasteiger partial charge in [-0.15, -0.1) is 0 Å². The number of fused-ring (bicyclic) bond motifs is 1. The zero-order valence-corrected chi connectivity index (χ0v) is 47.6. The van der Waals surface area contributed by atoms with E-state index in [9.17, 15) is 15.0 Å². The van der Waals surface area contributed by atoms with Crippen LogP contribution in [0.1, 0.15) is 58.6 Å². The lowest BCUT2D eigenvalue weighted by Crippen LogP contribution is -2.69. The molecule has 1 amide bonds. The second kappa shape index (κ2) is 32.0. The Morgan fingerprint density at radius 2 is 1.04 bits per heavy atom. The monoisotopic (exact) mass is 1160 g/mol. The van der Waals surface area contributed by atoms with E-state index in [2.05, 4.69) is 5.32 Å². The molecule has 7 aromatic carbocycles. The number of aliphatic hydroxyl groups excluding tert-OH is 2. The van der Waals surface area contributed by atoms with Crippen molar-refractivity contribution >= 4 is 5.91 Å². The number of nitrogens with one attached hydrogen (secondary N) is 1. The molecule has 0 aliphatic carbocycles. The van der Waals surface area contributed by atoms with E-state index in [4.69, 9.17) is 56.8 Å². The average Bonchev–Trinajstić information content (AvgIpc) is 2.75. The summed E-state index contributed by atoms with van der Waals surface area (Å²) in [6, 6.07) is 66.7. The lowest BCUT2D eigenvalue weighted by Gasteiger charge is -2.52. The molecule has 0 radical (unpaired) electrons. The smallest absolute Gasteiger partial charge is 0.217 e. The maximum Gasteiger partial charge on any atom is 0.217 e. The Labute approximate surface area is 497 Å². The number of carbonyl (C=O) groups excluding carboxylic acids is 1. The van der Waals surface area contributed by atoms with Crippen LogP contribution >= 0.6 is 0 Å². The molecular formula is C69H75NO15. The molecule has 0 spiro atoms. The molecule has 3 aliphatic rings. The third-order valence-corrected chi connectivity index (χ3v) is 14.8. The molecule has 3 saturated heterocycles. The van der Waals surface area contributed by atoms with Gasteiger partial charge in [0.05, 0.1) is 52.9 Å². The van der Waals surface area contributed by atoms with E-state index >= 15 is 0 Å². The predicted molar refractivity (Wildman–Crippen MR) is 315 cm³/mol. The van der Waals surface area contributed by atoms with Crippen LogP contribution < -0.4 is 5.32 Å². The number of benzene rings is 7. The third kappa shape index (κ3) is 18.0. The van der Waals surface area contributed by atoms with Gasteiger partial charge in [-0.3, -0.25) is 4.79 Å². The molecule has 0 saturated carbocycles. The van der Waals surface area contributed by atoms with Crippen LogP contribution in [0.25, 0.3) is 0 Å². The first-order valence-electron chi connectivity index (χ1n) is 28.9. The zero-order chi connectivity index (χ0) is 58.4. The number of amides is 1. The zero-order valence-electron chi connectivity index (χ0n) is 47.6. The molecule has 3 fully saturated rings. The fraction of sp³-hybridized carbons (Fsp3) is 0.348. The standard InChI is InChI=1S/C69H75NO15/c1-48(71)70-61-64(77-43-52-29-15-5-16-30-52)62(58(46-75-41-50-25-11-3-12-26-50)81-68(61)79-45-54-33-19-7-20-34-54)85-69-66(78-44-53-31-17-6-18-32-53)65(63-59(82-69)47-80-67(84-63)55-35-21-8-22-36-55)83-60(73)39-56(72)57(76-42-51-27-13-4-14-28-51)37-38-74-40-49-23-9-2-10-24-49/h2-36,39,57-69,72-73H,37-38,40-47H2,1H3,(H,70,71)/b56-39-/t57-,58?,59?,60-,61?,62-,63-,64?,65?,66?,67?,68-,69+/m1/s1. The number of hydrogen-bond acceptors (Lipinski definition) is 15. The fourth-order valence-electron chi connectivity index (χ4n) is 10.5. The third-order valence-electron chi connectivity index (χ3n) is 14.8. The van der Waals surface area contributed by atoms with E-state index < -0.39 is 80.0 Å². The van der Waals surface area contributed by atoms with E-state index in [1.54, 1.807) is 0 Å². The van der Waals surface area contributed by atoms with Crippen molar-refractivity contribution in [3.8, 4) is 0 Å². The second-order valence-corrected chi connectivity index (χ2v) is 21.1. The summed E-state index contributed by atoms with van der Waals surface area (Å²) in [5.41, 5.74) is 6.15. The molecule has 10 rings (SSSR count). The summed E-state index contributed by atoms with van der Waals surface area (Å²) in [6.45, 7) is 2.73. The highest BCUT2D eigenvalue weighted by Crippen LogP contribution is 2.40. The molecule has 446 valence electrons. The second-order valence-electron chi connectivity index (χ2n) is 21.1. The van der Waals surface area contributed by atoms with E-state index in [1.165, 1.54) is 13.0 Å². The van der Waals surface area contributed by atoms with Crippen molar-refractivity contribution in [2.24, 2.45) is 0 Å². The van der Waals surface area contributed by atoms with E-state index in [1.807, 2.05) is 212 Å². The van der Waals surface area contributed by atoms with Crippen LogP contribution in [-0.4, -0.2) is 110 Å². The minimum atomic E-state index is -1.77. The number of hydrogen-bond donors (Lipinski definition) is 3. The maximum absolute atomic E-state index is 13.4. The Morgan fingerprint density at radius 1 is 0.553 bits per heavy atom. The maximum atomic E-state index is 13.4. The van der Waals surface area contributed by atoms with Gasteiger partial charge in [-0.1, -0.05) is 212 Å². The molecule has 13 atom stereocenters. The highest BCUT2D eigenvalue weighted by atomic mass is 16.8. The van der Waals surface area contributed by atoms with Crippen molar-refractivity contribution in [3.63, 3.8) is 0 Å². The fourth-order valence-corrected chi connectivity index (χ4v) is 10.5. The van der Waals surface area contributed by atoms with Crippen molar-refractivity contribution in [1.82, 2.24) is 5.32 Å². The van der Waals surface area contributed by atoms with Crippen LogP contribution in [0.15, 0.2) is 224 Å². The lowest BCUT2D eigenvalue weighted by molar-refractivity contribution is -0.396. The SMILES string of the molecule is CC(=O)NC1C(OCc2ccccc2)[C@H](O[C@@H]2OC3COC(c4ccccc4)O[C@H]3C(O[C@@H](O)/C=C(\O)[C@@H](CCOCc3ccccc3)OCc3ccccc3)C2OCc2ccccc2)C(COCc2ccccc2)O[C@H]1OCc1ccccc1. The van der Waals surface area contributed by atoms with Gasteiger partial charge in [0.2, 0.25) is 5.91 Å². The van der Waals surface area contributed by atoms with Gasteiger partial charge in [-0.05, 0) is 33.4 Å². The molecule has 3 heterocycles. The number of aliphatic hydroxyl groups is 2. The predicted octanol–water partition coefficient (Wildman–Crippen LogP) is 10.4. The molecule has 16 nitrogen and oxygen atoms in total. The van der Waals surface area contributed by atoms with Gasteiger partial charge >= 0.3 is 0 Å². The average molecular weight is 1160 g/mol. The van der Waals surface area contributed by atoms with Crippen molar-refractivity contribution < 1.29 is 71.8 Å². The Hall–Kier alpha value is -6.97. The van der Waals surface area contributed by atoms with Crippen LogP contribution in [0.4, 0.5) is 0 Å². The Kier molecular flexibility index (Phi) is 23.0. The van der Waals surface area contributed by atoms with E-state index in [0.29, 0.717) is 6.61 Å².